The van der Waals surface area contributed by atoms with Gasteiger partial charge in [0.15, 0.2) is 0 Å². The summed E-state index contributed by atoms with van der Waals surface area (Å²) in [6.07, 6.45) is 1.25. The van der Waals surface area contributed by atoms with Gasteiger partial charge in [0.2, 0.25) is 11.6 Å². The number of hydrogen-bond acceptors (Lipinski definition) is 8. The molecule has 126 valence electrons. The molecule has 0 saturated carbocycles. The lowest BCUT2D eigenvalue weighted by atomic mass is 10.2. The summed E-state index contributed by atoms with van der Waals surface area (Å²) in [4.78, 5) is 22.5. The topological polar surface area (TPSA) is 111 Å². The lowest BCUT2D eigenvalue weighted by molar-refractivity contribution is -0.383. The first-order chi connectivity index (χ1) is 11.6. The summed E-state index contributed by atoms with van der Waals surface area (Å²) in [5.74, 6) is 0.965. The lowest BCUT2D eigenvalue weighted by Crippen LogP contribution is -2.47. The molecular weight excluding hydrogens is 312 g/mol. The minimum absolute atomic E-state index is 0.114. The number of hydrogen-bond donors (Lipinski definition) is 1. The third-order valence-corrected chi connectivity index (χ3v) is 4.02. The first-order valence-electron chi connectivity index (χ1n) is 7.49. The molecule has 24 heavy (non-hydrogen) atoms. The summed E-state index contributed by atoms with van der Waals surface area (Å²) in [7, 11) is 1.64. The first-order valence-corrected chi connectivity index (χ1v) is 7.49. The number of benzene rings is 1. The molecule has 1 fully saturated rings. The van der Waals surface area contributed by atoms with Crippen LogP contribution in [0.5, 0.6) is 5.75 Å². The molecule has 0 atom stereocenters. The summed E-state index contributed by atoms with van der Waals surface area (Å²) in [6, 6.07) is 7.79. The van der Waals surface area contributed by atoms with E-state index in [1.54, 1.807) is 7.11 Å². The molecule has 1 aliphatic heterocycles. The van der Waals surface area contributed by atoms with Gasteiger partial charge in [-0.2, -0.15) is 0 Å². The van der Waals surface area contributed by atoms with E-state index >= 15 is 0 Å². The Morgan fingerprint density at radius 2 is 1.83 bits per heavy atom. The summed E-state index contributed by atoms with van der Waals surface area (Å²) in [5, 5.41) is 11.2. The normalized spacial score (nSPS) is 14.5. The molecule has 1 aliphatic rings. The second-order valence-electron chi connectivity index (χ2n) is 5.33. The molecule has 0 aliphatic carbocycles. The van der Waals surface area contributed by atoms with Gasteiger partial charge in [-0.05, 0) is 12.1 Å². The van der Waals surface area contributed by atoms with E-state index < -0.39 is 4.92 Å². The van der Waals surface area contributed by atoms with Gasteiger partial charge in [-0.1, -0.05) is 12.1 Å². The Hall–Kier alpha value is -3.10. The fourth-order valence-corrected chi connectivity index (χ4v) is 2.84. The second-order valence-corrected chi connectivity index (χ2v) is 5.33. The summed E-state index contributed by atoms with van der Waals surface area (Å²) in [5.41, 5.74) is 6.42. The zero-order chi connectivity index (χ0) is 17.1. The van der Waals surface area contributed by atoms with Gasteiger partial charge in [-0.25, -0.2) is 9.97 Å². The number of nitrogen functional groups attached to an aromatic ring is 1. The Balaban J connectivity index is 1.79. The fourth-order valence-electron chi connectivity index (χ4n) is 2.84. The third-order valence-electron chi connectivity index (χ3n) is 4.02. The largest absolute Gasteiger partial charge is 0.495 e. The lowest BCUT2D eigenvalue weighted by Gasteiger charge is -2.36. The highest BCUT2D eigenvalue weighted by molar-refractivity contribution is 5.69. The molecule has 9 heteroatoms. The number of para-hydroxylation sites is 2. The van der Waals surface area contributed by atoms with Crippen molar-refractivity contribution in [1.29, 1.82) is 0 Å². The average Bonchev–Trinajstić information content (AvgIpc) is 2.61. The summed E-state index contributed by atoms with van der Waals surface area (Å²) in [6.45, 7) is 2.58. The zero-order valence-corrected chi connectivity index (χ0v) is 13.3. The van der Waals surface area contributed by atoms with Crippen molar-refractivity contribution in [2.45, 2.75) is 0 Å². The van der Waals surface area contributed by atoms with E-state index in [1.807, 2.05) is 29.2 Å². The predicted molar refractivity (Wildman–Crippen MR) is 90.5 cm³/mol. The predicted octanol–water partition coefficient (Wildman–Crippen LogP) is 1.30. The second kappa shape index (κ2) is 6.57. The zero-order valence-electron chi connectivity index (χ0n) is 13.3. The molecule has 1 aromatic carbocycles. The van der Waals surface area contributed by atoms with Crippen LogP contribution >= 0.6 is 0 Å². The monoisotopic (exact) mass is 330 g/mol. The Morgan fingerprint density at radius 1 is 1.17 bits per heavy atom. The van der Waals surface area contributed by atoms with Gasteiger partial charge in [-0.3, -0.25) is 10.1 Å². The van der Waals surface area contributed by atoms with Crippen molar-refractivity contribution < 1.29 is 9.66 Å². The van der Waals surface area contributed by atoms with Crippen LogP contribution in [0.1, 0.15) is 0 Å². The van der Waals surface area contributed by atoms with Crippen molar-refractivity contribution in [3.8, 4) is 5.75 Å². The van der Waals surface area contributed by atoms with E-state index in [2.05, 4.69) is 14.9 Å². The quantitative estimate of drug-likeness (QED) is 0.660. The number of anilines is 3. The van der Waals surface area contributed by atoms with E-state index in [0.717, 1.165) is 11.4 Å². The van der Waals surface area contributed by atoms with Crippen LogP contribution in [0.4, 0.5) is 23.0 Å². The van der Waals surface area contributed by atoms with E-state index in [9.17, 15) is 10.1 Å². The Kier molecular flexibility index (Phi) is 4.32. The number of nitrogens with zero attached hydrogens (tertiary/aromatic N) is 5. The number of piperazine rings is 1. The van der Waals surface area contributed by atoms with E-state index in [-0.39, 0.29) is 17.3 Å². The van der Waals surface area contributed by atoms with E-state index in [4.69, 9.17) is 10.5 Å². The smallest absolute Gasteiger partial charge is 0.353 e. The van der Waals surface area contributed by atoms with Crippen molar-refractivity contribution in [1.82, 2.24) is 9.97 Å². The van der Waals surface area contributed by atoms with Crippen molar-refractivity contribution in [3.63, 3.8) is 0 Å². The van der Waals surface area contributed by atoms with Crippen molar-refractivity contribution >= 4 is 23.0 Å². The highest BCUT2D eigenvalue weighted by Gasteiger charge is 2.28. The first kappa shape index (κ1) is 15.8. The average molecular weight is 330 g/mol. The number of methoxy groups -OCH3 is 1. The maximum Gasteiger partial charge on any atom is 0.353 e. The Bertz CT molecular complexity index is 746. The molecule has 2 aromatic rings. The maximum atomic E-state index is 11.2. The highest BCUT2D eigenvalue weighted by Crippen LogP contribution is 2.32. The molecule has 2 N–H and O–H groups in total. The van der Waals surface area contributed by atoms with E-state index in [1.165, 1.54) is 6.33 Å². The summed E-state index contributed by atoms with van der Waals surface area (Å²) >= 11 is 0. The van der Waals surface area contributed by atoms with Gasteiger partial charge in [0.25, 0.3) is 0 Å². The van der Waals surface area contributed by atoms with Gasteiger partial charge in [0, 0.05) is 26.2 Å². The van der Waals surface area contributed by atoms with Crippen LogP contribution in [-0.4, -0.2) is 48.2 Å². The molecule has 0 unspecified atom stereocenters. The number of aromatic nitrogens is 2. The molecule has 2 heterocycles. The molecule has 0 radical (unpaired) electrons. The molecule has 1 saturated heterocycles. The standard InChI is InChI=1S/C15H18N6O3/c1-24-12-5-3-2-4-11(12)19-6-8-20(9-7-19)15-13(21(22)23)14(16)17-10-18-15/h2-5,10H,6-9H2,1H3,(H2,16,17,18). The highest BCUT2D eigenvalue weighted by atomic mass is 16.6. The van der Waals surface area contributed by atoms with Crippen LogP contribution in [0.3, 0.4) is 0 Å². The fraction of sp³-hybridized carbons (Fsp3) is 0.333. The van der Waals surface area contributed by atoms with Gasteiger partial charge >= 0.3 is 5.69 Å². The molecule has 0 bridgehead atoms. The van der Waals surface area contributed by atoms with Gasteiger partial charge in [0.1, 0.15) is 12.1 Å². The maximum absolute atomic E-state index is 11.2. The van der Waals surface area contributed by atoms with Gasteiger partial charge in [0.05, 0.1) is 17.7 Å². The number of ether oxygens (including phenoxy) is 1. The number of nitrogens with two attached hydrogens (primary N) is 1. The van der Waals surface area contributed by atoms with Crippen molar-refractivity contribution in [2.24, 2.45) is 0 Å². The van der Waals surface area contributed by atoms with Crippen LogP contribution < -0.4 is 20.3 Å². The van der Waals surface area contributed by atoms with E-state index in [0.29, 0.717) is 26.2 Å². The molecular formula is C15H18N6O3. The van der Waals surface area contributed by atoms with Crippen LogP contribution in [0, 0.1) is 10.1 Å². The molecule has 9 nitrogen and oxygen atoms in total. The molecule has 1 aromatic heterocycles. The van der Waals surface area contributed by atoms with Crippen LogP contribution in [0.25, 0.3) is 0 Å². The summed E-state index contributed by atoms with van der Waals surface area (Å²) < 4.78 is 5.39. The number of rotatable bonds is 4. The SMILES string of the molecule is COc1ccccc1N1CCN(c2ncnc(N)c2[N+](=O)[O-])CC1. The van der Waals surface area contributed by atoms with Crippen molar-refractivity contribution in [3.05, 3.63) is 40.7 Å². The molecule has 3 rings (SSSR count). The van der Waals surface area contributed by atoms with Crippen LogP contribution in [0.15, 0.2) is 30.6 Å². The number of nitro groups is 1. The van der Waals surface area contributed by atoms with Crippen molar-refractivity contribution in [2.75, 3.05) is 48.8 Å². The third kappa shape index (κ3) is 2.87. The van der Waals surface area contributed by atoms with Gasteiger partial charge in [-0.15, -0.1) is 0 Å². The Morgan fingerprint density at radius 3 is 2.50 bits per heavy atom. The molecule has 0 amide bonds. The van der Waals surface area contributed by atoms with Gasteiger partial charge < -0.3 is 20.3 Å². The minimum atomic E-state index is -0.530. The Labute approximate surface area is 138 Å². The van der Waals surface area contributed by atoms with Crippen LogP contribution in [0.2, 0.25) is 0 Å². The molecule has 0 spiro atoms. The minimum Gasteiger partial charge on any atom is -0.495 e. The van der Waals surface area contributed by atoms with Crippen LogP contribution in [-0.2, 0) is 0 Å².